The first-order valence-electron chi connectivity index (χ1n) is 4.92. The summed E-state index contributed by atoms with van der Waals surface area (Å²) in [5.41, 5.74) is 0.567. The largest absolute Gasteiger partial charge is 0.478 e. The van der Waals surface area contributed by atoms with Crippen molar-refractivity contribution in [2.75, 3.05) is 6.61 Å². The molecule has 0 atom stereocenters. The number of ether oxygens (including phenoxy) is 1. The van der Waals surface area contributed by atoms with Gasteiger partial charge in [-0.3, -0.25) is 0 Å². The molecule has 4 nitrogen and oxygen atoms in total. The van der Waals surface area contributed by atoms with Gasteiger partial charge in [0.25, 0.3) is 0 Å². The zero-order valence-electron chi connectivity index (χ0n) is 9.14. The van der Waals surface area contributed by atoms with Crippen LogP contribution >= 0.6 is 11.6 Å². The summed E-state index contributed by atoms with van der Waals surface area (Å²) in [6.45, 7) is 1.98. The Kier molecular flexibility index (Phi) is 4.72. The Labute approximate surface area is 103 Å². The number of aromatic carboxylic acids is 1. The average molecular weight is 255 g/mol. The van der Waals surface area contributed by atoms with Crippen LogP contribution in [0.15, 0.2) is 24.3 Å². The van der Waals surface area contributed by atoms with Gasteiger partial charge in [0.05, 0.1) is 12.2 Å². The summed E-state index contributed by atoms with van der Waals surface area (Å²) in [7, 11) is 0. The SMILES string of the molecule is CCOC(=O)C=Cc1cc(C(=O)O)ccc1Cl. The summed E-state index contributed by atoms with van der Waals surface area (Å²) >= 11 is 5.87. The predicted molar refractivity (Wildman–Crippen MR) is 64.1 cm³/mol. The molecule has 1 aromatic rings. The first kappa shape index (κ1) is 13.3. The highest BCUT2D eigenvalue weighted by molar-refractivity contribution is 6.32. The minimum atomic E-state index is -1.05. The molecule has 1 rings (SSSR count). The summed E-state index contributed by atoms with van der Waals surface area (Å²) in [6.07, 6.45) is 2.63. The molecule has 0 unspecified atom stereocenters. The number of esters is 1. The summed E-state index contributed by atoms with van der Waals surface area (Å²) < 4.78 is 4.70. The Hall–Kier alpha value is -1.81. The molecule has 0 bridgehead atoms. The van der Waals surface area contributed by atoms with Crippen LogP contribution in [0.2, 0.25) is 5.02 Å². The molecule has 0 aliphatic carbocycles. The van der Waals surface area contributed by atoms with Crippen LogP contribution < -0.4 is 0 Å². The number of carbonyl (C=O) groups excluding carboxylic acids is 1. The van der Waals surface area contributed by atoms with E-state index in [1.807, 2.05) is 0 Å². The first-order valence-corrected chi connectivity index (χ1v) is 5.30. The average Bonchev–Trinajstić information content (AvgIpc) is 2.28. The van der Waals surface area contributed by atoms with Gasteiger partial charge in [0.1, 0.15) is 0 Å². The molecule has 1 N–H and O–H groups in total. The second-order valence-electron chi connectivity index (χ2n) is 3.13. The molecule has 0 heterocycles. The second-order valence-corrected chi connectivity index (χ2v) is 3.53. The lowest BCUT2D eigenvalue weighted by Crippen LogP contribution is -1.99. The van der Waals surface area contributed by atoms with Gasteiger partial charge >= 0.3 is 11.9 Å². The van der Waals surface area contributed by atoms with Gasteiger partial charge < -0.3 is 9.84 Å². The molecule has 0 spiro atoms. The van der Waals surface area contributed by atoms with E-state index in [0.717, 1.165) is 0 Å². The van der Waals surface area contributed by atoms with E-state index in [9.17, 15) is 9.59 Å². The van der Waals surface area contributed by atoms with E-state index in [-0.39, 0.29) is 12.2 Å². The number of rotatable bonds is 4. The van der Waals surface area contributed by atoms with Crippen LogP contribution in [0, 0.1) is 0 Å². The Morgan fingerprint density at radius 3 is 2.76 bits per heavy atom. The van der Waals surface area contributed by atoms with Gasteiger partial charge in [0.15, 0.2) is 0 Å². The van der Waals surface area contributed by atoms with Crippen LogP contribution in [0.1, 0.15) is 22.8 Å². The van der Waals surface area contributed by atoms with Crippen molar-refractivity contribution in [2.45, 2.75) is 6.92 Å². The standard InChI is InChI=1S/C12H11ClO4/c1-2-17-11(14)6-4-8-7-9(12(15)16)3-5-10(8)13/h3-7H,2H2,1H3,(H,15,16). The Balaban J connectivity index is 2.93. The summed E-state index contributed by atoms with van der Waals surface area (Å²) in [5.74, 6) is -1.54. The number of hydrogen-bond acceptors (Lipinski definition) is 3. The van der Waals surface area contributed by atoms with Crippen molar-refractivity contribution >= 4 is 29.6 Å². The quantitative estimate of drug-likeness (QED) is 0.663. The lowest BCUT2D eigenvalue weighted by atomic mass is 10.1. The molecule has 0 saturated heterocycles. The maximum atomic E-state index is 11.1. The van der Waals surface area contributed by atoms with Crippen LogP contribution in [0.5, 0.6) is 0 Å². The molecule has 0 aliphatic rings. The van der Waals surface area contributed by atoms with Gasteiger partial charge in [-0.1, -0.05) is 11.6 Å². The van der Waals surface area contributed by atoms with Gasteiger partial charge in [0, 0.05) is 11.1 Å². The van der Waals surface area contributed by atoms with Gasteiger partial charge in [-0.15, -0.1) is 0 Å². The van der Waals surface area contributed by atoms with Crippen molar-refractivity contribution in [3.8, 4) is 0 Å². The van der Waals surface area contributed by atoms with Crippen molar-refractivity contribution in [1.82, 2.24) is 0 Å². The van der Waals surface area contributed by atoms with Crippen LogP contribution in [-0.2, 0) is 9.53 Å². The van der Waals surface area contributed by atoms with Crippen molar-refractivity contribution in [1.29, 1.82) is 0 Å². The predicted octanol–water partition coefficient (Wildman–Crippen LogP) is 2.61. The molecule has 5 heteroatoms. The fraction of sp³-hybridized carbons (Fsp3) is 0.167. The van der Waals surface area contributed by atoms with Crippen LogP contribution in [0.4, 0.5) is 0 Å². The normalized spacial score (nSPS) is 10.5. The monoisotopic (exact) mass is 254 g/mol. The third-order valence-electron chi connectivity index (χ3n) is 1.93. The molecule has 0 saturated carbocycles. The van der Waals surface area contributed by atoms with Gasteiger partial charge in [-0.05, 0) is 36.8 Å². The lowest BCUT2D eigenvalue weighted by molar-refractivity contribution is -0.137. The van der Waals surface area contributed by atoms with E-state index >= 15 is 0 Å². The van der Waals surface area contributed by atoms with E-state index in [2.05, 4.69) is 0 Å². The van der Waals surface area contributed by atoms with E-state index < -0.39 is 11.9 Å². The van der Waals surface area contributed by atoms with Gasteiger partial charge in [-0.2, -0.15) is 0 Å². The highest BCUT2D eigenvalue weighted by atomic mass is 35.5. The Morgan fingerprint density at radius 2 is 2.18 bits per heavy atom. The molecular formula is C12H11ClO4. The highest BCUT2D eigenvalue weighted by Gasteiger charge is 2.05. The molecular weight excluding hydrogens is 244 g/mol. The van der Waals surface area contributed by atoms with Crippen molar-refractivity contribution in [2.24, 2.45) is 0 Å². The van der Waals surface area contributed by atoms with E-state index in [1.165, 1.54) is 30.4 Å². The van der Waals surface area contributed by atoms with Gasteiger partial charge in [-0.25, -0.2) is 9.59 Å². The van der Waals surface area contributed by atoms with E-state index in [1.54, 1.807) is 6.92 Å². The third-order valence-corrected chi connectivity index (χ3v) is 2.27. The molecule has 0 aromatic heterocycles. The molecule has 90 valence electrons. The minimum absolute atomic E-state index is 0.109. The van der Waals surface area contributed by atoms with E-state index in [0.29, 0.717) is 10.6 Å². The zero-order valence-corrected chi connectivity index (χ0v) is 9.90. The van der Waals surface area contributed by atoms with Crippen LogP contribution in [0.3, 0.4) is 0 Å². The number of carboxylic acids is 1. The topological polar surface area (TPSA) is 63.6 Å². The molecule has 0 radical (unpaired) electrons. The minimum Gasteiger partial charge on any atom is -0.478 e. The highest BCUT2D eigenvalue weighted by Crippen LogP contribution is 2.19. The van der Waals surface area contributed by atoms with Crippen LogP contribution in [0.25, 0.3) is 6.08 Å². The van der Waals surface area contributed by atoms with Crippen molar-refractivity contribution in [3.05, 3.63) is 40.4 Å². The first-order chi connectivity index (χ1) is 8.04. The molecule has 0 amide bonds. The molecule has 0 aliphatic heterocycles. The van der Waals surface area contributed by atoms with Crippen molar-refractivity contribution in [3.63, 3.8) is 0 Å². The zero-order chi connectivity index (χ0) is 12.8. The summed E-state index contributed by atoms with van der Waals surface area (Å²) in [6, 6.07) is 4.25. The molecule has 1 aromatic carbocycles. The maximum absolute atomic E-state index is 11.1. The second kappa shape index (κ2) is 6.06. The fourth-order valence-electron chi connectivity index (χ4n) is 1.15. The van der Waals surface area contributed by atoms with Gasteiger partial charge in [0.2, 0.25) is 0 Å². The summed E-state index contributed by atoms with van der Waals surface area (Å²) in [4.78, 5) is 21.8. The maximum Gasteiger partial charge on any atom is 0.335 e. The van der Waals surface area contributed by atoms with Crippen LogP contribution in [-0.4, -0.2) is 23.7 Å². The van der Waals surface area contributed by atoms with E-state index in [4.69, 9.17) is 21.4 Å². The van der Waals surface area contributed by atoms with Crippen molar-refractivity contribution < 1.29 is 19.4 Å². The smallest absolute Gasteiger partial charge is 0.335 e. The number of carboxylic acid groups (broad SMARTS) is 1. The summed E-state index contributed by atoms with van der Waals surface area (Å²) in [5, 5.41) is 9.17. The number of hydrogen-bond donors (Lipinski definition) is 1. The third kappa shape index (κ3) is 3.92. The Morgan fingerprint density at radius 1 is 1.47 bits per heavy atom. The Bertz CT molecular complexity index is 466. The number of halogens is 1. The number of carbonyl (C=O) groups is 2. The molecule has 17 heavy (non-hydrogen) atoms. The number of benzene rings is 1. The molecule has 0 fully saturated rings. The fourth-order valence-corrected chi connectivity index (χ4v) is 1.33. The lowest BCUT2D eigenvalue weighted by Gasteiger charge is -2.00.